The molecule has 27 heavy (non-hydrogen) atoms. The fourth-order valence-corrected chi connectivity index (χ4v) is 4.10. The average molecular weight is 423 g/mol. The van der Waals surface area contributed by atoms with E-state index in [1.165, 1.54) is 5.56 Å². The van der Waals surface area contributed by atoms with Gasteiger partial charge in [-0.05, 0) is 30.9 Å². The highest BCUT2D eigenvalue weighted by molar-refractivity contribution is 5.85. The van der Waals surface area contributed by atoms with Gasteiger partial charge in [0, 0.05) is 51.0 Å². The summed E-state index contributed by atoms with van der Waals surface area (Å²) >= 11 is 0. The molecule has 1 atom stereocenters. The van der Waals surface area contributed by atoms with Gasteiger partial charge in [-0.15, -0.1) is 24.8 Å². The van der Waals surface area contributed by atoms with Crippen molar-refractivity contribution in [1.82, 2.24) is 10.2 Å². The molecule has 0 saturated carbocycles. The van der Waals surface area contributed by atoms with Gasteiger partial charge in [0.1, 0.15) is 0 Å². The minimum absolute atomic E-state index is 0. The largest absolute Gasteiger partial charge is 0.493 e. The van der Waals surface area contributed by atoms with Gasteiger partial charge in [-0.25, -0.2) is 0 Å². The molecule has 3 rings (SSSR count). The van der Waals surface area contributed by atoms with Crippen LogP contribution in [0.3, 0.4) is 0 Å². The lowest BCUT2D eigenvalue weighted by molar-refractivity contribution is 0.0205. The Morgan fingerprint density at radius 3 is 2.15 bits per heavy atom. The molecule has 2 fully saturated rings. The van der Waals surface area contributed by atoms with Gasteiger partial charge in [-0.1, -0.05) is 0 Å². The maximum atomic E-state index is 5.79. The average Bonchev–Trinajstić information content (AvgIpc) is 2.69. The van der Waals surface area contributed by atoms with Crippen LogP contribution in [0.25, 0.3) is 0 Å². The maximum absolute atomic E-state index is 5.79. The molecule has 0 bridgehead atoms. The third-order valence-electron chi connectivity index (χ3n) is 5.31. The lowest BCUT2D eigenvalue weighted by atomic mass is 9.85. The normalized spacial score (nSPS) is 19.4. The lowest BCUT2D eigenvalue weighted by Crippen LogP contribution is -2.47. The first-order valence-electron chi connectivity index (χ1n) is 9.11. The van der Waals surface area contributed by atoms with Crippen LogP contribution in [0.2, 0.25) is 0 Å². The molecule has 156 valence electrons. The van der Waals surface area contributed by atoms with E-state index in [1.54, 1.807) is 21.3 Å². The highest BCUT2D eigenvalue weighted by atomic mass is 35.5. The Kier molecular flexibility index (Phi) is 10.6. The van der Waals surface area contributed by atoms with Crippen LogP contribution in [0.1, 0.15) is 24.4 Å². The molecule has 6 nitrogen and oxygen atoms in total. The summed E-state index contributed by atoms with van der Waals surface area (Å²) in [6.07, 6.45) is 2.15. The number of ether oxygens (including phenoxy) is 4. The van der Waals surface area contributed by atoms with E-state index in [-0.39, 0.29) is 24.8 Å². The second kappa shape index (κ2) is 11.8. The van der Waals surface area contributed by atoms with Crippen LogP contribution in [0.15, 0.2) is 12.1 Å². The zero-order valence-electron chi connectivity index (χ0n) is 16.4. The van der Waals surface area contributed by atoms with Gasteiger partial charge in [-0.3, -0.25) is 4.90 Å². The van der Waals surface area contributed by atoms with Crippen molar-refractivity contribution in [2.75, 3.05) is 60.7 Å². The molecule has 0 unspecified atom stereocenters. The first-order chi connectivity index (χ1) is 12.3. The van der Waals surface area contributed by atoms with Crippen molar-refractivity contribution >= 4 is 24.8 Å². The van der Waals surface area contributed by atoms with Gasteiger partial charge in [0.05, 0.1) is 21.3 Å². The summed E-state index contributed by atoms with van der Waals surface area (Å²) in [5, 5.41) is 3.45. The van der Waals surface area contributed by atoms with Crippen LogP contribution in [0.5, 0.6) is 17.2 Å². The van der Waals surface area contributed by atoms with Gasteiger partial charge in [-0.2, -0.15) is 0 Å². The molecule has 8 heteroatoms. The number of nitrogens with one attached hydrogen (secondary N) is 1. The molecule has 1 aromatic carbocycles. The summed E-state index contributed by atoms with van der Waals surface area (Å²) in [4.78, 5) is 2.58. The SMILES string of the molecule is COc1ccc([C@H](C2CCOCC2)N2CCNCC2)c(OC)c1OC.Cl.Cl. The highest BCUT2D eigenvalue weighted by Crippen LogP contribution is 2.46. The van der Waals surface area contributed by atoms with Crippen molar-refractivity contribution in [2.24, 2.45) is 5.92 Å². The van der Waals surface area contributed by atoms with Gasteiger partial charge in [0.15, 0.2) is 11.5 Å². The Morgan fingerprint density at radius 2 is 1.59 bits per heavy atom. The highest BCUT2D eigenvalue weighted by Gasteiger charge is 2.34. The molecule has 1 N–H and O–H groups in total. The second-order valence-electron chi connectivity index (χ2n) is 6.60. The number of nitrogens with zero attached hydrogens (tertiary/aromatic N) is 1. The van der Waals surface area contributed by atoms with Gasteiger partial charge in [0.25, 0.3) is 0 Å². The molecule has 2 aliphatic rings. The van der Waals surface area contributed by atoms with E-state index in [0.29, 0.717) is 23.5 Å². The maximum Gasteiger partial charge on any atom is 0.203 e. The summed E-state index contributed by atoms with van der Waals surface area (Å²) in [6.45, 7) is 5.80. The molecule has 0 aliphatic carbocycles. The molecular formula is C19H32Cl2N2O4. The Bertz CT molecular complexity index is 547. The van der Waals surface area contributed by atoms with Crippen molar-refractivity contribution in [3.05, 3.63) is 17.7 Å². The van der Waals surface area contributed by atoms with Crippen LogP contribution in [0.4, 0.5) is 0 Å². The zero-order valence-corrected chi connectivity index (χ0v) is 18.0. The predicted octanol–water partition coefficient (Wildman–Crippen LogP) is 2.93. The Balaban J connectivity index is 0.00000182. The van der Waals surface area contributed by atoms with E-state index in [4.69, 9.17) is 18.9 Å². The van der Waals surface area contributed by atoms with E-state index >= 15 is 0 Å². The summed E-state index contributed by atoms with van der Waals surface area (Å²) in [6, 6.07) is 4.44. The smallest absolute Gasteiger partial charge is 0.203 e. The van der Waals surface area contributed by atoms with Crippen LogP contribution >= 0.6 is 24.8 Å². The number of rotatable bonds is 6. The summed E-state index contributed by atoms with van der Waals surface area (Å²) in [7, 11) is 5.03. The molecule has 1 aromatic rings. The zero-order chi connectivity index (χ0) is 17.6. The first-order valence-corrected chi connectivity index (χ1v) is 9.11. The van der Waals surface area contributed by atoms with Gasteiger partial charge >= 0.3 is 0 Å². The Hall–Kier alpha value is -0.920. The Labute approximate surface area is 174 Å². The minimum atomic E-state index is 0. The third kappa shape index (κ3) is 5.33. The topological polar surface area (TPSA) is 52.2 Å². The number of benzene rings is 1. The van der Waals surface area contributed by atoms with Crippen molar-refractivity contribution < 1.29 is 18.9 Å². The Morgan fingerprint density at radius 1 is 0.963 bits per heavy atom. The van der Waals surface area contributed by atoms with Crippen molar-refractivity contribution in [2.45, 2.75) is 18.9 Å². The molecule has 0 aromatic heterocycles. The van der Waals surface area contributed by atoms with E-state index in [2.05, 4.69) is 16.3 Å². The second-order valence-corrected chi connectivity index (χ2v) is 6.60. The molecule has 2 aliphatic heterocycles. The van der Waals surface area contributed by atoms with Crippen molar-refractivity contribution in [1.29, 1.82) is 0 Å². The summed E-state index contributed by atoms with van der Waals surface area (Å²) in [5.74, 6) is 2.72. The molecule has 2 saturated heterocycles. The molecule has 0 amide bonds. The third-order valence-corrected chi connectivity index (χ3v) is 5.31. The van der Waals surface area contributed by atoms with Crippen LogP contribution in [0, 0.1) is 5.92 Å². The van der Waals surface area contributed by atoms with E-state index in [0.717, 1.165) is 58.0 Å². The lowest BCUT2D eigenvalue weighted by Gasteiger charge is -2.41. The van der Waals surface area contributed by atoms with Gasteiger partial charge in [0.2, 0.25) is 5.75 Å². The van der Waals surface area contributed by atoms with E-state index < -0.39 is 0 Å². The quantitative estimate of drug-likeness (QED) is 0.760. The van der Waals surface area contributed by atoms with Crippen LogP contribution in [-0.4, -0.2) is 65.6 Å². The van der Waals surface area contributed by atoms with E-state index in [1.807, 2.05) is 6.07 Å². The standard InChI is InChI=1S/C19H30N2O4.2ClH/c1-22-16-5-4-15(18(23-2)19(16)24-3)17(14-6-12-25-13-7-14)21-10-8-20-9-11-21;;/h4-5,14,17,20H,6-13H2,1-3H3;2*1H/t17-;;/m0../s1. The molecule has 2 heterocycles. The minimum Gasteiger partial charge on any atom is -0.493 e. The van der Waals surface area contributed by atoms with Gasteiger partial charge < -0.3 is 24.3 Å². The van der Waals surface area contributed by atoms with Crippen molar-refractivity contribution in [3.8, 4) is 17.2 Å². The summed E-state index contributed by atoms with van der Waals surface area (Å²) < 4.78 is 22.5. The number of piperazine rings is 1. The number of methoxy groups -OCH3 is 3. The number of halogens is 2. The number of hydrogen-bond acceptors (Lipinski definition) is 6. The number of hydrogen-bond donors (Lipinski definition) is 1. The molecule has 0 radical (unpaired) electrons. The first kappa shape index (κ1) is 24.1. The molecular weight excluding hydrogens is 391 g/mol. The summed E-state index contributed by atoms with van der Waals surface area (Å²) in [5.41, 5.74) is 1.19. The monoisotopic (exact) mass is 422 g/mol. The predicted molar refractivity (Wildman–Crippen MR) is 111 cm³/mol. The van der Waals surface area contributed by atoms with E-state index in [9.17, 15) is 0 Å². The van der Waals surface area contributed by atoms with Crippen LogP contribution < -0.4 is 19.5 Å². The fourth-order valence-electron chi connectivity index (χ4n) is 4.10. The van der Waals surface area contributed by atoms with Crippen molar-refractivity contribution in [3.63, 3.8) is 0 Å². The fraction of sp³-hybridized carbons (Fsp3) is 0.684. The van der Waals surface area contributed by atoms with Crippen LogP contribution in [-0.2, 0) is 4.74 Å². The molecule has 0 spiro atoms.